The minimum absolute atomic E-state index is 0. The maximum atomic E-state index is 9.01. The van der Waals surface area contributed by atoms with Crippen molar-refractivity contribution < 1.29 is 49.5 Å². The van der Waals surface area contributed by atoms with Crippen LogP contribution in [-0.2, 0) is 29.1 Å². The minimum atomic E-state index is -1.44. The molecule has 0 unspecified atom stereocenters. The third-order valence-corrected chi connectivity index (χ3v) is 0.258. The molecule has 0 saturated carbocycles. The first-order chi connectivity index (χ1) is 4.54. The van der Waals surface area contributed by atoms with E-state index in [1.807, 2.05) is 0 Å². The molecule has 0 aromatic rings. The van der Waals surface area contributed by atoms with Crippen LogP contribution < -0.4 is 10.2 Å². The van der Waals surface area contributed by atoms with Gasteiger partial charge in [-0.15, -0.1) is 0 Å². The third kappa shape index (κ3) is 43.8. The van der Waals surface area contributed by atoms with Gasteiger partial charge >= 0.3 is 19.5 Å². The van der Waals surface area contributed by atoms with Crippen LogP contribution in [0.5, 0.6) is 0 Å². The Morgan fingerprint density at radius 2 is 1.09 bits per heavy atom. The summed E-state index contributed by atoms with van der Waals surface area (Å²) in [6.07, 6.45) is 0. The van der Waals surface area contributed by atoms with Crippen molar-refractivity contribution >= 4 is 11.9 Å². The monoisotopic (exact) mass is 214 g/mol. The molecule has 2 N–H and O–H groups in total. The molecule has 0 aliphatic rings. The first kappa shape index (κ1) is 16.8. The summed E-state index contributed by atoms with van der Waals surface area (Å²) >= 11 is 0. The smallest absolute Gasteiger partial charge is 0.548 e. The van der Waals surface area contributed by atoms with E-state index in [4.69, 9.17) is 30.0 Å². The molecule has 6 nitrogen and oxygen atoms in total. The summed E-state index contributed by atoms with van der Waals surface area (Å²) in [5, 5.41) is 33.0. The summed E-state index contributed by atoms with van der Waals surface area (Å²) < 4.78 is 0. The number of carboxylic acids is 2. The fourth-order valence-electron chi connectivity index (χ4n) is 0. The van der Waals surface area contributed by atoms with Gasteiger partial charge in [0, 0.05) is 0 Å². The van der Waals surface area contributed by atoms with Gasteiger partial charge in [0.25, 0.3) is 0 Å². The number of hydrogen-bond donors (Lipinski definition) is 2. The fourth-order valence-corrected chi connectivity index (χ4v) is 0. The predicted octanol–water partition coefficient (Wildman–Crippen LogP) is -4.55. The van der Waals surface area contributed by atoms with Crippen molar-refractivity contribution in [3.8, 4) is 0 Å². The van der Waals surface area contributed by atoms with Gasteiger partial charge in [-0.3, -0.25) is 0 Å². The molecule has 0 amide bonds. The molecule has 0 aromatic carbocycles. The zero-order chi connectivity index (χ0) is 8.57. The maximum Gasteiger partial charge on any atom is 2.00 e. The van der Waals surface area contributed by atoms with Crippen molar-refractivity contribution in [1.29, 1.82) is 0 Å². The zero-order valence-electron chi connectivity index (χ0n) is 5.65. The van der Waals surface area contributed by atoms with E-state index in [1.54, 1.807) is 0 Å². The van der Waals surface area contributed by atoms with Crippen LogP contribution in [0.2, 0.25) is 0 Å². The second-order valence-corrected chi connectivity index (χ2v) is 1.06. The van der Waals surface area contributed by atoms with Crippen LogP contribution in [0.3, 0.4) is 0 Å². The van der Waals surface area contributed by atoms with Crippen LogP contribution in [0.4, 0.5) is 0 Å². The quantitative estimate of drug-likeness (QED) is 0.448. The Morgan fingerprint density at radius 3 is 1.09 bits per heavy atom. The van der Waals surface area contributed by atoms with Crippen molar-refractivity contribution in [1.82, 2.24) is 0 Å². The molecule has 0 fully saturated rings. The minimum Gasteiger partial charge on any atom is -0.548 e. The van der Waals surface area contributed by atoms with Crippen molar-refractivity contribution in [3.05, 3.63) is 0 Å². The molecule has 0 rings (SSSR count). The molecule has 60 valence electrons. The molecular formula is C4H6O6Zn. The van der Waals surface area contributed by atoms with Crippen LogP contribution >= 0.6 is 0 Å². The molecule has 7 heteroatoms. The van der Waals surface area contributed by atoms with E-state index in [0.29, 0.717) is 0 Å². The van der Waals surface area contributed by atoms with E-state index in [1.165, 1.54) is 0 Å². The maximum absolute atomic E-state index is 9.01. The number of carbonyl (C=O) groups is 2. The standard InChI is InChI=1S/2C2H4O3.Zn/c2*3-1-2(4)5;/h2*3H,1H2,(H,4,5);/q;;+2/p-2. The summed E-state index contributed by atoms with van der Waals surface area (Å²) in [6.45, 7) is -1.78. The number of aliphatic hydroxyl groups is 2. The molecule has 0 aliphatic heterocycles. The Kier molecular flexibility index (Phi) is 18.7. The Balaban J connectivity index is -0.000000107. The Morgan fingerprint density at radius 1 is 1.00 bits per heavy atom. The molecule has 0 heterocycles. The van der Waals surface area contributed by atoms with Crippen LogP contribution in [0.25, 0.3) is 0 Å². The van der Waals surface area contributed by atoms with Gasteiger partial charge in [-0.05, 0) is 0 Å². The number of aliphatic carboxylic acids is 2. The summed E-state index contributed by atoms with van der Waals surface area (Å²) in [7, 11) is 0. The first-order valence-corrected chi connectivity index (χ1v) is 2.16. The van der Waals surface area contributed by atoms with Gasteiger partial charge in [0.2, 0.25) is 0 Å². The molecule has 0 saturated heterocycles. The van der Waals surface area contributed by atoms with Gasteiger partial charge in [0.15, 0.2) is 0 Å². The van der Waals surface area contributed by atoms with E-state index >= 15 is 0 Å². The van der Waals surface area contributed by atoms with E-state index in [2.05, 4.69) is 0 Å². The normalized spacial score (nSPS) is 6.73. The Bertz CT molecular complexity index is 99.1. The summed E-state index contributed by atoms with van der Waals surface area (Å²) in [5.41, 5.74) is 0. The summed E-state index contributed by atoms with van der Waals surface area (Å²) in [4.78, 5) is 18.0. The van der Waals surface area contributed by atoms with Crippen LogP contribution in [-0.4, -0.2) is 35.4 Å². The summed E-state index contributed by atoms with van der Waals surface area (Å²) in [6, 6.07) is 0. The molecular weight excluding hydrogens is 209 g/mol. The molecule has 0 spiro atoms. The molecule has 0 atom stereocenters. The number of carboxylic acid groups (broad SMARTS) is 2. The zero-order valence-corrected chi connectivity index (χ0v) is 8.62. The van der Waals surface area contributed by atoms with Crippen LogP contribution in [0.15, 0.2) is 0 Å². The topological polar surface area (TPSA) is 121 Å². The van der Waals surface area contributed by atoms with Gasteiger partial charge in [0.05, 0.1) is 25.2 Å². The number of hydrogen-bond acceptors (Lipinski definition) is 6. The van der Waals surface area contributed by atoms with E-state index < -0.39 is 25.2 Å². The van der Waals surface area contributed by atoms with Gasteiger partial charge in [-0.25, -0.2) is 0 Å². The molecule has 0 bridgehead atoms. The van der Waals surface area contributed by atoms with Crippen molar-refractivity contribution in [2.75, 3.05) is 13.2 Å². The average Bonchev–Trinajstić information content (AvgIpc) is 1.89. The summed E-state index contributed by atoms with van der Waals surface area (Å²) in [5.74, 6) is -2.88. The molecule has 0 aromatic heterocycles. The van der Waals surface area contributed by atoms with Crippen molar-refractivity contribution in [2.24, 2.45) is 0 Å². The van der Waals surface area contributed by atoms with Crippen LogP contribution in [0, 0.1) is 0 Å². The second kappa shape index (κ2) is 12.2. The van der Waals surface area contributed by atoms with E-state index in [9.17, 15) is 0 Å². The number of rotatable bonds is 2. The first-order valence-electron chi connectivity index (χ1n) is 2.16. The Labute approximate surface area is 75.2 Å². The van der Waals surface area contributed by atoms with Crippen LogP contribution in [0.1, 0.15) is 0 Å². The molecule has 0 aliphatic carbocycles. The predicted molar refractivity (Wildman–Crippen MR) is 24.2 cm³/mol. The largest absolute Gasteiger partial charge is 2.00 e. The van der Waals surface area contributed by atoms with Gasteiger partial charge < -0.3 is 30.0 Å². The SMILES string of the molecule is O=C([O-])CO.O=C([O-])CO.[Zn+2]. The number of aliphatic hydroxyl groups excluding tert-OH is 2. The molecule has 0 radical (unpaired) electrons. The van der Waals surface area contributed by atoms with Gasteiger partial charge in [-0.1, -0.05) is 0 Å². The third-order valence-electron chi connectivity index (χ3n) is 0.258. The average molecular weight is 215 g/mol. The Hall–Kier alpha value is -0.517. The van der Waals surface area contributed by atoms with E-state index in [-0.39, 0.29) is 19.5 Å². The number of carbonyl (C=O) groups excluding carboxylic acids is 2. The fraction of sp³-hybridized carbons (Fsp3) is 0.500. The second-order valence-electron chi connectivity index (χ2n) is 1.06. The van der Waals surface area contributed by atoms with Gasteiger partial charge in [0.1, 0.15) is 0 Å². The van der Waals surface area contributed by atoms with Gasteiger partial charge in [-0.2, -0.15) is 0 Å². The van der Waals surface area contributed by atoms with Crippen molar-refractivity contribution in [2.45, 2.75) is 0 Å². The van der Waals surface area contributed by atoms with Crippen molar-refractivity contribution in [3.63, 3.8) is 0 Å². The van der Waals surface area contributed by atoms with E-state index in [0.717, 1.165) is 0 Å². The molecule has 11 heavy (non-hydrogen) atoms.